The van der Waals surface area contributed by atoms with E-state index in [0.717, 1.165) is 18.8 Å². The molecule has 2 atom stereocenters. The first-order valence-electron chi connectivity index (χ1n) is 5.70. The number of nitrogens with two attached hydrogens (primary N) is 2. The van der Waals surface area contributed by atoms with Gasteiger partial charge in [-0.25, -0.2) is 4.98 Å². The predicted octanol–water partition coefficient (Wildman–Crippen LogP) is 1.72. The number of pyridine rings is 1. The SMILES string of the molecule is Nc1cc(CC2CCCC(N)C2)ccn1. The Hall–Kier alpha value is -1.09. The molecule has 1 aliphatic carbocycles. The van der Waals surface area contributed by atoms with Crippen molar-refractivity contribution < 1.29 is 0 Å². The van der Waals surface area contributed by atoms with Gasteiger partial charge in [0.25, 0.3) is 0 Å². The number of hydrogen-bond donors (Lipinski definition) is 2. The molecule has 1 aromatic heterocycles. The van der Waals surface area contributed by atoms with Crippen LogP contribution in [0.5, 0.6) is 0 Å². The highest BCUT2D eigenvalue weighted by molar-refractivity contribution is 5.31. The lowest BCUT2D eigenvalue weighted by atomic mass is 9.82. The van der Waals surface area contributed by atoms with Gasteiger partial charge in [0.2, 0.25) is 0 Å². The third-order valence-electron chi connectivity index (χ3n) is 3.19. The average Bonchev–Trinajstić information content (AvgIpc) is 2.17. The lowest BCUT2D eigenvalue weighted by Gasteiger charge is -2.26. The van der Waals surface area contributed by atoms with Crippen LogP contribution in [0.3, 0.4) is 0 Å². The van der Waals surface area contributed by atoms with E-state index in [4.69, 9.17) is 11.5 Å². The van der Waals surface area contributed by atoms with E-state index >= 15 is 0 Å². The van der Waals surface area contributed by atoms with Gasteiger partial charge in [-0.2, -0.15) is 0 Å². The third-order valence-corrected chi connectivity index (χ3v) is 3.19. The molecule has 1 saturated carbocycles. The average molecular weight is 205 g/mol. The summed E-state index contributed by atoms with van der Waals surface area (Å²) in [5.74, 6) is 1.35. The van der Waals surface area contributed by atoms with E-state index < -0.39 is 0 Å². The molecule has 4 N–H and O–H groups in total. The van der Waals surface area contributed by atoms with Crippen LogP contribution >= 0.6 is 0 Å². The van der Waals surface area contributed by atoms with Crippen LogP contribution in [0.4, 0.5) is 5.82 Å². The zero-order chi connectivity index (χ0) is 10.7. The zero-order valence-electron chi connectivity index (χ0n) is 9.02. The van der Waals surface area contributed by atoms with Crippen molar-refractivity contribution in [2.45, 2.75) is 38.1 Å². The molecule has 15 heavy (non-hydrogen) atoms. The minimum Gasteiger partial charge on any atom is -0.384 e. The molecule has 0 spiro atoms. The molecule has 1 heterocycles. The first-order valence-corrected chi connectivity index (χ1v) is 5.70. The molecule has 82 valence electrons. The Morgan fingerprint density at radius 2 is 2.27 bits per heavy atom. The topological polar surface area (TPSA) is 64.9 Å². The smallest absolute Gasteiger partial charge is 0.123 e. The molecule has 2 rings (SSSR count). The third kappa shape index (κ3) is 2.93. The van der Waals surface area contributed by atoms with Gasteiger partial charge in [-0.15, -0.1) is 0 Å². The van der Waals surface area contributed by atoms with Gasteiger partial charge in [0.15, 0.2) is 0 Å². The monoisotopic (exact) mass is 205 g/mol. The van der Waals surface area contributed by atoms with Crippen LogP contribution in [-0.2, 0) is 6.42 Å². The summed E-state index contributed by atoms with van der Waals surface area (Å²) in [7, 11) is 0. The second-order valence-electron chi connectivity index (χ2n) is 4.59. The van der Waals surface area contributed by atoms with E-state index in [1.54, 1.807) is 6.20 Å². The van der Waals surface area contributed by atoms with Crippen molar-refractivity contribution in [2.75, 3.05) is 5.73 Å². The van der Waals surface area contributed by atoms with Crippen LogP contribution in [0, 0.1) is 5.92 Å². The maximum Gasteiger partial charge on any atom is 0.123 e. The van der Waals surface area contributed by atoms with Gasteiger partial charge in [-0.05, 0) is 42.9 Å². The Morgan fingerprint density at radius 1 is 1.40 bits per heavy atom. The maximum atomic E-state index is 5.97. The van der Waals surface area contributed by atoms with E-state index in [-0.39, 0.29) is 0 Å². The van der Waals surface area contributed by atoms with Crippen LogP contribution in [0.15, 0.2) is 18.3 Å². The molecule has 3 nitrogen and oxygen atoms in total. The first kappa shape index (κ1) is 10.4. The summed E-state index contributed by atoms with van der Waals surface area (Å²) in [6, 6.07) is 4.43. The number of nitrogens with zero attached hydrogens (tertiary/aromatic N) is 1. The molecule has 2 unspecified atom stereocenters. The number of aromatic nitrogens is 1. The molecular formula is C12H19N3. The Labute approximate surface area is 90.9 Å². The number of rotatable bonds is 2. The van der Waals surface area contributed by atoms with Gasteiger partial charge in [0.1, 0.15) is 5.82 Å². The van der Waals surface area contributed by atoms with Crippen molar-refractivity contribution in [2.24, 2.45) is 11.7 Å². The van der Waals surface area contributed by atoms with Gasteiger partial charge < -0.3 is 11.5 Å². The van der Waals surface area contributed by atoms with Crippen LogP contribution in [0.2, 0.25) is 0 Å². The minimum absolute atomic E-state index is 0.405. The fourth-order valence-corrected chi connectivity index (χ4v) is 2.47. The highest BCUT2D eigenvalue weighted by atomic mass is 14.8. The van der Waals surface area contributed by atoms with Gasteiger partial charge in [0.05, 0.1) is 0 Å². The molecule has 1 aliphatic rings. The van der Waals surface area contributed by atoms with E-state index in [0.29, 0.717) is 11.9 Å². The summed E-state index contributed by atoms with van der Waals surface area (Å²) in [5.41, 5.74) is 12.9. The van der Waals surface area contributed by atoms with Crippen molar-refractivity contribution in [1.82, 2.24) is 4.98 Å². The fraction of sp³-hybridized carbons (Fsp3) is 0.583. The summed E-state index contributed by atoms with van der Waals surface area (Å²) in [6.07, 6.45) is 7.80. The molecule has 0 amide bonds. The van der Waals surface area contributed by atoms with Crippen molar-refractivity contribution in [3.63, 3.8) is 0 Å². The molecule has 0 radical (unpaired) electrons. The minimum atomic E-state index is 0.405. The Balaban J connectivity index is 1.96. The van der Waals surface area contributed by atoms with Crippen molar-refractivity contribution in [1.29, 1.82) is 0 Å². The van der Waals surface area contributed by atoms with Crippen molar-refractivity contribution in [3.8, 4) is 0 Å². The van der Waals surface area contributed by atoms with E-state index in [9.17, 15) is 0 Å². The Kier molecular flexibility index (Phi) is 3.21. The lowest BCUT2D eigenvalue weighted by Crippen LogP contribution is -2.28. The van der Waals surface area contributed by atoms with Gasteiger partial charge in [-0.3, -0.25) is 0 Å². The summed E-state index contributed by atoms with van der Waals surface area (Å²) in [6.45, 7) is 0. The van der Waals surface area contributed by atoms with Crippen molar-refractivity contribution >= 4 is 5.82 Å². The molecular weight excluding hydrogens is 186 g/mol. The first-order chi connectivity index (χ1) is 7.24. The maximum absolute atomic E-state index is 5.97. The largest absolute Gasteiger partial charge is 0.384 e. The van der Waals surface area contributed by atoms with Crippen molar-refractivity contribution in [3.05, 3.63) is 23.9 Å². The van der Waals surface area contributed by atoms with Crippen LogP contribution in [0.1, 0.15) is 31.2 Å². The highest BCUT2D eigenvalue weighted by Crippen LogP contribution is 2.26. The standard InChI is InChI=1S/C12H19N3/c13-11-3-1-2-9(7-11)6-10-4-5-15-12(14)8-10/h4-5,8-9,11H,1-3,6-7,13H2,(H2,14,15). The number of nitrogen functional groups attached to an aromatic ring is 1. The molecule has 0 aromatic carbocycles. The van der Waals surface area contributed by atoms with Gasteiger partial charge in [-0.1, -0.05) is 12.8 Å². The van der Waals surface area contributed by atoms with Gasteiger partial charge >= 0.3 is 0 Å². The number of anilines is 1. The molecule has 0 bridgehead atoms. The molecule has 0 saturated heterocycles. The van der Waals surface area contributed by atoms with Crippen LogP contribution < -0.4 is 11.5 Å². The summed E-state index contributed by atoms with van der Waals surface area (Å²) < 4.78 is 0. The van der Waals surface area contributed by atoms with E-state index in [1.807, 2.05) is 6.07 Å². The molecule has 3 heteroatoms. The number of hydrogen-bond acceptors (Lipinski definition) is 3. The Morgan fingerprint density at radius 3 is 3.00 bits per heavy atom. The normalized spacial score (nSPS) is 26.5. The van der Waals surface area contributed by atoms with E-state index in [2.05, 4.69) is 11.1 Å². The van der Waals surface area contributed by atoms with Crippen LogP contribution in [-0.4, -0.2) is 11.0 Å². The summed E-state index contributed by atoms with van der Waals surface area (Å²) in [4.78, 5) is 4.00. The molecule has 0 aliphatic heterocycles. The predicted molar refractivity (Wildman–Crippen MR) is 62.3 cm³/mol. The molecule has 1 aromatic rings. The van der Waals surface area contributed by atoms with Crippen LogP contribution in [0.25, 0.3) is 0 Å². The lowest BCUT2D eigenvalue weighted by molar-refractivity contribution is 0.321. The van der Waals surface area contributed by atoms with E-state index in [1.165, 1.54) is 24.8 Å². The molecule has 1 fully saturated rings. The zero-order valence-corrected chi connectivity index (χ0v) is 9.02. The Bertz CT molecular complexity index is 324. The summed E-state index contributed by atoms with van der Waals surface area (Å²) >= 11 is 0. The second kappa shape index (κ2) is 4.62. The fourth-order valence-electron chi connectivity index (χ4n) is 2.47. The van der Waals surface area contributed by atoms with Gasteiger partial charge in [0, 0.05) is 12.2 Å². The highest BCUT2D eigenvalue weighted by Gasteiger charge is 2.19. The summed E-state index contributed by atoms with van der Waals surface area (Å²) in [5, 5.41) is 0. The quantitative estimate of drug-likeness (QED) is 0.772. The second-order valence-corrected chi connectivity index (χ2v) is 4.59.